The van der Waals surface area contributed by atoms with Gasteiger partial charge in [0.05, 0.1) is 5.92 Å². The van der Waals surface area contributed by atoms with Crippen molar-refractivity contribution in [1.29, 1.82) is 0 Å². The zero-order valence-corrected chi connectivity index (χ0v) is 19.5. The molecular weight excluding hydrogens is 408 g/mol. The summed E-state index contributed by atoms with van der Waals surface area (Å²) in [7, 11) is 2.00. The van der Waals surface area contributed by atoms with Crippen molar-refractivity contribution in [2.45, 2.75) is 44.9 Å². The van der Waals surface area contributed by atoms with Crippen molar-refractivity contribution in [1.82, 2.24) is 4.57 Å². The molecule has 168 valence electrons. The lowest BCUT2D eigenvalue weighted by atomic mass is 9.68. The van der Waals surface area contributed by atoms with E-state index in [0.717, 1.165) is 40.2 Å². The average Bonchev–Trinajstić information content (AvgIpc) is 3.12. The molecule has 1 aromatic heterocycles. The van der Waals surface area contributed by atoms with Crippen LogP contribution in [0.15, 0.2) is 84.2 Å². The maximum absolute atomic E-state index is 14.0. The summed E-state index contributed by atoms with van der Waals surface area (Å²) < 4.78 is 2.05. The lowest BCUT2D eigenvalue weighted by Crippen LogP contribution is -2.33. The minimum Gasteiger partial charge on any atom is -0.358 e. The molecule has 2 atom stereocenters. The summed E-state index contributed by atoms with van der Waals surface area (Å²) in [5.74, 6) is -0.491. The molecule has 0 spiro atoms. The maximum atomic E-state index is 14.0. The number of nitrogens with zero attached hydrogens (tertiary/aromatic N) is 1. The van der Waals surface area contributed by atoms with Gasteiger partial charge in [-0.2, -0.15) is 0 Å². The van der Waals surface area contributed by atoms with Crippen LogP contribution in [0.5, 0.6) is 0 Å². The number of aromatic nitrogens is 1. The Labute approximate surface area is 195 Å². The van der Waals surface area contributed by atoms with E-state index in [-0.39, 0.29) is 22.9 Å². The van der Waals surface area contributed by atoms with Crippen LogP contribution >= 0.6 is 0 Å². The summed E-state index contributed by atoms with van der Waals surface area (Å²) in [6, 6.07) is 22.0. The Hall–Kier alpha value is -3.40. The number of fused-ring (bicyclic) bond motifs is 1. The summed E-state index contributed by atoms with van der Waals surface area (Å²) in [5.41, 5.74) is 5.50. The second-order valence-corrected chi connectivity index (χ2v) is 10.2. The van der Waals surface area contributed by atoms with Gasteiger partial charge in [-0.15, -0.1) is 0 Å². The molecule has 1 N–H and O–H groups in total. The molecule has 1 aliphatic carbocycles. The van der Waals surface area contributed by atoms with Gasteiger partial charge in [0, 0.05) is 54.7 Å². The third-order valence-corrected chi connectivity index (χ3v) is 7.02. The third-order valence-electron chi connectivity index (χ3n) is 7.02. The van der Waals surface area contributed by atoms with Crippen molar-refractivity contribution in [3.05, 3.63) is 101 Å². The number of carbonyl (C=O) groups excluding carboxylic acids is 2. The van der Waals surface area contributed by atoms with Crippen molar-refractivity contribution in [2.75, 3.05) is 5.32 Å². The van der Waals surface area contributed by atoms with E-state index in [1.807, 2.05) is 73.9 Å². The van der Waals surface area contributed by atoms with Crippen LogP contribution < -0.4 is 5.32 Å². The largest absolute Gasteiger partial charge is 0.358 e. The highest BCUT2D eigenvalue weighted by Crippen LogP contribution is 2.51. The zero-order valence-electron chi connectivity index (χ0n) is 19.5. The van der Waals surface area contributed by atoms with Crippen LogP contribution in [0.1, 0.15) is 55.3 Å². The highest BCUT2D eigenvalue weighted by molar-refractivity contribution is 6.03. The number of allylic oxidation sites excluding steroid dienone is 2. The van der Waals surface area contributed by atoms with Gasteiger partial charge in [0.15, 0.2) is 5.78 Å². The van der Waals surface area contributed by atoms with Gasteiger partial charge in [0.25, 0.3) is 0 Å². The maximum Gasteiger partial charge on any atom is 0.161 e. The van der Waals surface area contributed by atoms with Gasteiger partial charge in [-0.05, 0) is 41.2 Å². The van der Waals surface area contributed by atoms with Gasteiger partial charge < -0.3 is 9.88 Å². The molecule has 0 radical (unpaired) electrons. The van der Waals surface area contributed by atoms with Crippen molar-refractivity contribution >= 4 is 17.3 Å². The summed E-state index contributed by atoms with van der Waals surface area (Å²) >= 11 is 0. The summed E-state index contributed by atoms with van der Waals surface area (Å²) in [5, 5.41) is 3.60. The molecule has 2 heterocycles. The molecule has 1 aliphatic heterocycles. The first-order chi connectivity index (χ1) is 15.8. The van der Waals surface area contributed by atoms with Gasteiger partial charge in [-0.1, -0.05) is 62.4 Å². The number of rotatable bonds is 4. The van der Waals surface area contributed by atoms with E-state index in [2.05, 4.69) is 29.8 Å². The average molecular weight is 439 g/mol. The zero-order chi connectivity index (χ0) is 23.2. The van der Waals surface area contributed by atoms with Gasteiger partial charge in [-0.25, -0.2) is 0 Å². The lowest BCUT2D eigenvalue weighted by Gasteiger charge is -2.35. The van der Waals surface area contributed by atoms with Crippen LogP contribution in [-0.2, 0) is 23.1 Å². The van der Waals surface area contributed by atoms with Crippen LogP contribution in [-0.4, -0.2) is 16.1 Å². The molecule has 2 unspecified atom stereocenters. The number of hydrogen-bond donors (Lipinski definition) is 1. The third kappa shape index (κ3) is 3.95. The topological polar surface area (TPSA) is 51.1 Å². The summed E-state index contributed by atoms with van der Waals surface area (Å²) in [6.45, 7) is 4.28. The summed E-state index contributed by atoms with van der Waals surface area (Å²) in [4.78, 5) is 27.7. The van der Waals surface area contributed by atoms with Crippen molar-refractivity contribution in [3.8, 4) is 0 Å². The van der Waals surface area contributed by atoms with Crippen LogP contribution in [0.3, 0.4) is 0 Å². The number of anilines is 1. The molecule has 0 fully saturated rings. The quantitative estimate of drug-likeness (QED) is 0.562. The first-order valence-corrected chi connectivity index (χ1v) is 11.6. The molecule has 0 saturated carbocycles. The highest BCUT2D eigenvalue weighted by Gasteiger charge is 2.45. The van der Waals surface area contributed by atoms with Crippen LogP contribution in [0.2, 0.25) is 0 Å². The Morgan fingerprint density at radius 2 is 1.73 bits per heavy atom. The number of nitrogens with one attached hydrogen (secondary N) is 1. The Bertz CT molecular complexity index is 1250. The van der Waals surface area contributed by atoms with Crippen LogP contribution in [0.25, 0.3) is 0 Å². The Balaban J connectivity index is 1.72. The fourth-order valence-corrected chi connectivity index (χ4v) is 5.58. The van der Waals surface area contributed by atoms with Gasteiger partial charge in [0.2, 0.25) is 0 Å². The first kappa shape index (κ1) is 21.4. The van der Waals surface area contributed by atoms with E-state index in [1.54, 1.807) is 0 Å². The Kier molecular flexibility index (Phi) is 5.32. The fourth-order valence-electron chi connectivity index (χ4n) is 5.58. The Morgan fingerprint density at radius 1 is 1.00 bits per heavy atom. The lowest BCUT2D eigenvalue weighted by molar-refractivity contribution is -0.120. The number of carbonyl (C=O) groups is 2. The number of benzene rings is 2. The van der Waals surface area contributed by atoms with Crippen LogP contribution in [0.4, 0.5) is 5.69 Å². The predicted octanol–water partition coefficient (Wildman–Crippen LogP) is 5.77. The van der Waals surface area contributed by atoms with Crippen molar-refractivity contribution in [3.63, 3.8) is 0 Å². The predicted molar refractivity (Wildman–Crippen MR) is 131 cm³/mol. The van der Waals surface area contributed by atoms with Crippen molar-refractivity contribution < 1.29 is 9.59 Å². The van der Waals surface area contributed by atoms with E-state index < -0.39 is 5.92 Å². The van der Waals surface area contributed by atoms with Crippen molar-refractivity contribution in [2.24, 2.45) is 12.5 Å². The van der Waals surface area contributed by atoms with E-state index in [9.17, 15) is 9.59 Å². The molecule has 2 aromatic carbocycles. The second-order valence-electron chi connectivity index (χ2n) is 10.2. The van der Waals surface area contributed by atoms with Gasteiger partial charge in [0.1, 0.15) is 5.78 Å². The molecule has 0 amide bonds. The Morgan fingerprint density at radius 3 is 2.45 bits per heavy atom. The molecule has 0 bridgehead atoms. The van der Waals surface area contributed by atoms with E-state index in [4.69, 9.17) is 0 Å². The first-order valence-electron chi connectivity index (χ1n) is 11.6. The highest BCUT2D eigenvalue weighted by atomic mass is 16.1. The van der Waals surface area contributed by atoms with Gasteiger partial charge >= 0.3 is 0 Å². The smallest absolute Gasteiger partial charge is 0.161 e. The molecule has 4 heteroatoms. The second kappa shape index (κ2) is 8.18. The normalized spacial score (nSPS) is 21.6. The molecule has 3 aromatic rings. The minimum absolute atomic E-state index is 0.121. The molecule has 4 nitrogen and oxygen atoms in total. The minimum atomic E-state index is -0.444. The van der Waals surface area contributed by atoms with Gasteiger partial charge in [-0.3, -0.25) is 9.59 Å². The number of para-hydroxylation sites is 1. The number of aryl methyl sites for hydroxylation is 1. The molecule has 2 aliphatic rings. The fraction of sp³-hybridized carbons (Fsp3) is 0.310. The van der Waals surface area contributed by atoms with E-state index in [1.165, 1.54) is 0 Å². The standard InChI is InChI=1S/C29H30N2O2/c1-29(2)17-22-27(25(33)18-29)28(23-14-9-15-31(23)3)26(20-12-7-8-13-21(20)30-22)24(32)16-19-10-5-4-6-11-19/h4-15,26,28,30H,16-18H2,1-3H3. The molecular formula is C29H30N2O2. The van der Waals surface area contributed by atoms with E-state index in [0.29, 0.717) is 12.8 Å². The van der Waals surface area contributed by atoms with E-state index >= 15 is 0 Å². The molecule has 5 rings (SSSR count). The van der Waals surface area contributed by atoms with Crippen LogP contribution in [0, 0.1) is 5.41 Å². The summed E-state index contributed by atoms with van der Waals surface area (Å²) in [6.07, 6.45) is 3.60. The SMILES string of the molecule is Cn1cccc1C1C2=C(CC(C)(C)CC2=O)Nc2ccccc2C1C(=O)Cc1ccccc1. The molecule has 0 saturated heterocycles. The number of Topliss-reactive ketones (excluding diaryl/α,β-unsaturated/α-hetero) is 2. The molecule has 33 heavy (non-hydrogen) atoms. The number of ketones is 2. The number of hydrogen-bond acceptors (Lipinski definition) is 3. The monoisotopic (exact) mass is 438 g/mol.